The maximum Gasteiger partial charge on any atom is 0.270 e. The van der Waals surface area contributed by atoms with Crippen molar-refractivity contribution in [1.82, 2.24) is 29.5 Å². The van der Waals surface area contributed by atoms with Crippen molar-refractivity contribution >= 4 is 28.3 Å². The number of fused-ring (bicyclic) bond motifs is 3. The molecule has 4 rings (SSSR count). The zero-order valence-electron chi connectivity index (χ0n) is 11.7. The zero-order valence-corrected chi connectivity index (χ0v) is 12.5. The fourth-order valence-corrected chi connectivity index (χ4v) is 2.48. The second kappa shape index (κ2) is 4.38. The molecule has 0 saturated carbocycles. The van der Waals surface area contributed by atoms with E-state index >= 15 is 0 Å². The lowest BCUT2D eigenvalue weighted by atomic mass is 10.3. The summed E-state index contributed by atoms with van der Waals surface area (Å²) < 4.78 is 3.22. The molecule has 0 aliphatic heterocycles. The molecule has 9 heteroatoms. The molecular weight excluding hydrogens is 306 g/mol. The summed E-state index contributed by atoms with van der Waals surface area (Å²) in [6, 6.07) is 4.93. The SMILES string of the molecule is Cc1nc(-c2cnn3c2n[n+]([O-])c2ccc(Cl)cc23)nn1C. The summed E-state index contributed by atoms with van der Waals surface area (Å²) in [5.74, 6) is 1.23. The third-order valence-corrected chi connectivity index (χ3v) is 3.76. The molecule has 0 amide bonds. The molecule has 0 saturated heterocycles. The van der Waals surface area contributed by atoms with Crippen LogP contribution in [-0.2, 0) is 7.05 Å². The number of hydrogen-bond donors (Lipinski definition) is 0. The van der Waals surface area contributed by atoms with Gasteiger partial charge in [0, 0.05) is 23.2 Å². The Morgan fingerprint density at radius 2 is 2.14 bits per heavy atom. The molecule has 0 N–H and O–H groups in total. The average Bonchev–Trinajstić information content (AvgIpc) is 3.03. The van der Waals surface area contributed by atoms with Crippen LogP contribution in [0.5, 0.6) is 0 Å². The van der Waals surface area contributed by atoms with E-state index in [0.717, 1.165) is 5.82 Å². The fraction of sp³-hybridized carbons (Fsp3) is 0.154. The standard InChI is InChI=1S/C13H10ClN7O/c1-7-16-12(17-19(7)2)9-6-15-20-11-5-8(14)3-4-10(11)21(22)18-13(9)20/h3-6H,1-2H3. The Balaban J connectivity index is 2.09. The van der Waals surface area contributed by atoms with Crippen LogP contribution in [0.15, 0.2) is 24.4 Å². The lowest BCUT2D eigenvalue weighted by Crippen LogP contribution is -2.33. The molecule has 22 heavy (non-hydrogen) atoms. The Hall–Kier alpha value is -2.74. The van der Waals surface area contributed by atoms with Crippen LogP contribution >= 0.6 is 11.6 Å². The van der Waals surface area contributed by atoms with Gasteiger partial charge in [-0.15, -0.1) is 0 Å². The highest BCUT2D eigenvalue weighted by Crippen LogP contribution is 2.23. The molecular formula is C13H10ClN7O. The number of aryl methyl sites for hydroxylation is 2. The summed E-state index contributed by atoms with van der Waals surface area (Å²) in [6.45, 7) is 1.85. The summed E-state index contributed by atoms with van der Waals surface area (Å²) in [5.41, 5.74) is 1.94. The van der Waals surface area contributed by atoms with Crippen molar-refractivity contribution in [3.05, 3.63) is 40.5 Å². The van der Waals surface area contributed by atoms with Gasteiger partial charge < -0.3 is 5.21 Å². The largest absolute Gasteiger partial charge is 0.594 e. The van der Waals surface area contributed by atoms with Crippen LogP contribution in [0.4, 0.5) is 0 Å². The van der Waals surface area contributed by atoms with E-state index in [1.54, 1.807) is 40.6 Å². The number of aromatic nitrogens is 7. The van der Waals surface area contributed by atoms with Gasteiger partial charge in [0.2, 0.25) is 5.65 Å². The van der Waals surface area contributed by atoms with E-state index in [9.17, 15) is 5.21 Å². The number of benzene rings is 1. The highest BCUT2D eigenvalue weighted by atomic mass is 35.5. The topological polar surface area (TPSA) is 87.8 Å². The maximum atomic E-state index is 12.1. The molecule has 3 heterocycles. The van der Waals surface area contributed by atoms with Crippen molar-refractivity contribution in [2.75, 3.05) is 0 Å². The van der Waals surface area contributed by atoms with Crippen LogP contribution in [0.1, 0.15) is 5.82 Å². The molecule has 0 spiro atoms. The second-order valence-electron chi connectivity index (χ2n) is 4.91. The van der Waals surface area contributed by atoms with Gasteiger partial charge in [0.25, 0.3) is 5.52 Å². The Labute approximate surface area is 129 Å². The molecule has 0 bridgehead atoms. The lowest BCUT2D eigenvalue weighted by Gasteiger charge is -2.02. The molecule has 1 aromatic carbocycles. The lowest BCUT2D eigenvalue weighted by molar-refractivity contribution is -0.640. The Morgan fingerprint density at radius 3 is 2.86 bits per heavy atom. The van der Waals surface area contributed by atoms with Crippen molar-refractivity contribution in [2.45, 2.75) is 6.92 Å². The maximum absolute atomic E-state index is 12.1. The minimum atomic E-state index is 0.385. The number of rotatable bonds is 1. The Morgan fingerprint density at radius 1 is 1.32 bits per heavy atom. The molecule has 0 atom stereocenters. The van der Waals surface area contributed by atoms with Crippen molar-refractivity contribution in [1.29, 1.82) is 0 Å². The van der Waals surface area contributed by atoms with E-state index in [1.807, 2.05) is 6.92 Å². The number of nitrogens with zero attached hydrogens (tertiary/aromatic N) is 7. The van der Waals surface area contributed by atoms with Gasteiger partial charge in [-0.25, -0.2) is 9.50 Å². The molecule has 0 aliphatic carbocycles. The minimum Gasteiger partial charge on any atom is -0.594 e. The monoisotopic (exact) mass is 315 g/mol. The van der Waals surface area contributed by atoms with E-state index in [2.05, 4.69) is 20.3 Å². The smallest absolute Gasteiger partial charge is 0.270 e. The molecule has 110 valence electrons. The van der Waals surface area contributed by atoms with E-state index in [1.165, 1.54) is 0 Å². The summed E-state index contributed by atoms with van der Waals surface area (Å²) in [5, 5.41) is 25.3. The molecule has 0 aliphatic rings. The van der Waals surface area contributed by atoms with Gasteiger partial charge in [-0.2, -0.15) is 10.2 Å². The van der Waals surface area contributed by atoms with Gasteiger partial charge in [0.05, 0.1) is 11.8 Å². The highest BCUT2D eigenvalue weighted by Gasteiger charge is 2.20. The molecule has 3 aromatic heterocycles. The summed E-state index contributed by atoms with van der Waals surface area (Å²) in [4.78, 5) is 4.91. The normalized spacial score (nSPS) is 11.6. The fourth-order valence-electron chi connectivity index (χ4n) is 2.32. The minimum absolute atomic E-state index is 0.385. The van der Waals surface area contributed by atoms with Gasteiger partial charge >= 0.3 is 0 Å². The van der Waals surface area contributed by atoms with Crippen molar-refractivity contribution in [3.63, 3.8) is 0 Å². The predicted octanol–water partition coefficient (Wildman–Crippen LogP) is 1.27. The van der Waals surface area contributed by atoms with E-state index in [-0.39, 0.29) is 0 Å². The summed E-state index contributed by atoms with van der Waals surface area (Å²) in [6.07, 6.45) is 1.59. The second-order valence-corrected chi connectivity index (χ2v) is 5.34. The highest BCUT2D eigenvalue weighted by molar-refractivity contribution is 6.31. The van der Waals surface area contributed by atoms with Gasteiger partial charge in [0.1, 0.15) is 11.3 Å². The number of hydrogen-bond acceptors (Lipinski definition) is 5. The van der Waals surface area contributed by atoms with Gasteiger partial charge in [-0.05, 0) is 23.9 Å². The van der Waals surface area contributed by atoms with Crippen LogP contribution in [0.25, 0.3) is 28.1 Å². The van der Waals surface area contributed by atoms with Crippen molar-refractivity contribution in [3.8, 4) is 11.4 Å². The molecule has 4 aromatic rings. The molecule has 0 radical (unpaired) electrons. The van der Waals surface area contributed by atoms with E-state index in [0.29, 0.717) is 37.9 Å². The molecule has 0 fully saturated rings. The first kappa shape index (κ1) is 13.0. The third-order valence-electron chi connectivity index (χ3n) is 3.52. The third kappa shape index (κ3) is 1.74. The number of halogens is 1. The van der Waals surface area contributed by atoms with Gasteiger partial charge in [-0.3, -0.25) is 4.68 Å². The van der Waals surface area contributed by atoms with Crippen molar-refractivity contribution in [2.24, 2.45) is 7.05 Å². The van der Waals surface area contributed by atoms with E-state index in [4.69, 9.17) is 11.6 Å². The quantitative estimate of drug-likeness (QED) is 0.390. The van der Waals surface area contributed by atoms with Gasteiger partial charge in [0.15, 0.2) is 5.82 Å². The predicted molar refractivity (Wildman–Crippen MR) is 79.2 cm³/mol. The van der Waals surface area contributed by atoms with E-state index < -0.39 is 0 Å². The summed E-state index contributed by atoms with van der Waals surface area (Å²) >= 11 is 6.02. The zero-order chi connectivity index (χ0) is 15.4. The first-order chi connectivity index (χ1) is 10.5. The van der Waals surface area contributed by atoms with Gasteiger partial charge in [-0.1, -0.05) is 11.6 Å². The Kier molecular flexibility index (Phi) is 2.58. The van der Waals surface area contributed by atoms with Crippen LogP contribution in [0.3, 0.4) is 0 Å². The van der Waals surface area contributed by atoms with Crippen molar-refractivity contribution < 1.29 is 4.85 Å². The molecule has 0 unspecified atom stereocenters. The van der Waals surface area contributed by atoms with Crippen LogP contribution in [-0.4, -0.2) is 29.5 Å². The first-order valence-corrected chi connectivity index (χ1v) is 6.87. The van der Waals surface area contributed by atoms with Crippen LogP contribution < -0.4 is 4.85 Å². The summed E-state index contributed by atoms with van der Waals surface area (Å²) in [7, 11) is 1.80. The average molecular weight is 316 g/mol. The van der Waals surface area contributed by atoms with Crippen LogP contribution in [0, 0.1) is 12.1 Å². The van der Waals surface area contributed by atoms with Crippen LogP contribution in [0.2, 0.25) is 5.02 Å². The Bertz CT molecular complexity index is 1020. The first-order valence-electron chi connectivity index (χ1n) is 6.49. The molecule has 8 nitrogen and oxygen atoms in total.